The third kappa shape index (κ3) is 4.54. The fourth-order valence-corrected chi connectivity index (χ4v) is 1.88. The summed E-state index contributed by atoms with van der Waals surface area (Å²) in [6.07, 6.45) is 3.08. The molecule has 0 bridgehead atoms. The molecule has 0 spiro atoms. The molecule has 104 valence electrons. The average Bonchev–Trinajstić information content (AvgIpc) is 2.45. The van der Waals surface area contributed by atoms with Gasteiger partial charge in [0.25, 0.3) is 0 Å². The molecule has 1 aliphatic heterocycles. The Balaban J connectivity index is 1.66. The van der Waals surface area contributed by atoms with Gasteiger partial charge in [0, 0.05) is 6.61 Å². The SMILES string of the molecule is O=C(O)c1ccc(OCCOC2CCCCO2)cc1. The minimum absolute atomic E-state index is 0.105. The summed E-state index contributed by atoms with van der Waals surface area (Å²) in [4.78, 5) is 10.7. The van der Waals surface area contributed by atoms with Crippen LogP contribution in [-0.4, -0.2) is 37.2 Å². The summed E-state index contributed by atoms with van der Waals surface area (Å²) in [7, 11) is 0. The molecule has 1 unspecified atom stereocenters. The van der Waals surface area contributed by atoms with Crippen molar-refractivity contribution in [3.05, 3.63) is 29.8 Å². The highest BCUT2D eigenvalue weighted by molar-refractivity contribution is 5.87. The van der Waals surface area contributed by atoms with E-state index in [0.717, 1.165) is 25.9 Å². The van der Waals surface area contributed by atoms with Crippen LogP contribution in [-0.2, 0) is 9.47 Å². The van der Waals surface area contributed by atoms with Crippen molar-refractivity contribution in [2.24, 2.45) is 0 Å². The van der Waals surface area contributed by atoms with Crippen LogP contribution < -0.4 is 4.74 Å². The van der Waals surface area contributed by atoms with Gasteiger partial charge in [-0.05, 0) is 43.5 Å². The van der Waals surface area contributed by atoms with Crippen molar-refractivity contribution in [2.45, 2.75) is 25.6 Å². The Morgan fingerprint density at radius 2 is 2.05 bits per heavy atom. The average molecular weight is 266 g/mol. The Kier molecular flexibility index (Phi) is 5.18. The lowest BCUT2D eigenvalue weighted by molar-refractivity contribution is -0.165. The maximum absolute atomic E-state index is 10.7. The molecule has 0 radical (unpaired) electrons. The predicted octanol–water partition coefficient (Wildman–Crippen LogP) is 2.31. The monoisotopic (exact) mass is 266 g/mol. The fourth-order valence-electron chi connectivity index (χ4n) is 1.88. The van der Waals surface area contributed by atoms with Gasteiger partial charge in [-0.2, -0.15) is 0 Å². The van der Waals surface area contributed by atoms with Crippen LogP contribution in [0.5, 0.6) is 5.75 Å². The van der Waals surface area contributed by atoms with Gasteiger partial charge < -0.3 is 19.3 Å². The van der Waals surface area contributed by atoms with Crippen LogP contribution in [0, 0.1) is 0 Å². The molecule has 1 aromatic rings. The molecule has 1 heterocycles. The first-order valence-electron chi connectivity index (χ1n) is 6.45. The van der Waals surface area contributed by atoms with Crippen LogP contribution in [0.3, 0.4) is 0 Å². The smallest absolute Gasteiger partial charge is 0.335 e. The van der Waals surface area contributed by atoms with Crippen molar-refractivity contribution in [3.63, 3.8) is 0 Å². The molecule has 1 atom stereocenters. The normalized spacial score (nSPS) is 19.1. The molecular formula is C14H18O5. The van der Waals surface area contributed by atoms with Gasteiger partial charge in [0.1, 0.15) is 12.4 Å². The molecule has 1 aliphatic rings. The summed E-state index contributed by atoms with van der Waals surface area (Å²) in [5.41, 5.74) is 0.249. The van der Waals surface area contributed by atoms with Crippen LogP contribution in [0.4, 0.5) is 0 Å². The van der Waals surface area contributed by atoms with E-state index in [9.17, 15) is 4.79 Å². The van der Waals surface area contributed by atoms with Gasteiger partial charge in [-0.25, -0.2) is 4.79 Å². The molecule has 1 fully saturated rings. The molecule has 1 aromatic carbocycles. The van der Waals surface area contributed by atoms with Crippen LogP contribution in [0.2, 0.25) is 0 Å². The maximum Gasteiger partial charge on any atom is 0.335 e. The van der Waals surface area contributed by atoms with E-state index in [1.165, 1.54) is 12.1 Å². The topological polar surface area (TPSA) is 65.0 Å². The molecule has 5 nitrogen and oxygen atoms in total. The Bertz CT molecular complexity index is 395. The van der Waals surface area contributed by atoms with Crippen molar-refractivity contribution < 1.29 is 24.1 Å². The van der Waals surface area contributed by atoms with E-state index < -0.39 is 5.97 Å². The van der Waals surface area contributed by atoms with Crippen molar-refractivity contribution in [2.75, 3.05) is 19.8 Å². The highest BCUT2D eigenvalue weighted by Crippen LogP contribution is 2.14. The van der Waals surface area contributed by atoms with Crippen molar-refractivity contribution in [1.29, 1.82) is 0 Å². The zero-order chi connectivity index (χ0) is 13.5. The number of hydrogen-bond donors (Lipinski definition) is 1. The van der Waals surface area contributed by atoms with Gasteiger partial charge in [-0.1, -0.05) is 0 Å². The summed E-state index contributed by atoms with van der Waals surface area (Å²) in [5, 5.41) is 8.76. The number of rotatable bonds is 6. The molecule has 1 N–H and O–H groups in total. The third-order valence-electron chi connectivity index (χ3n) is 2.89. The minimum atomic E-state index is -0.940. The highest BCUT2D eigenvalue weighted by atomic mass is 16.7. The van der Waals surface area contributed by atoms with Crippen LogP contribution >= 0.6 is 0 Å². The molecule has 0 aromatic heterocycles. The Morgan fingerprint density at radius 1 is 1.26 bits per heavy atom. The fraction of sp³-hybridized carbons (Fsp3) is 0.500. The molecule has 2 rings (SSSR count). The number of hydrogen-bond acceptors (Lipinski definition) is 4. The van der Waals surface area contributed by atoms with Gasteiger partial charge >= 0.3 is 5.97 Å². The zero-order valence-corrected chi connectivity index (χ0v) is 10.7. The molecule has 5 heteroatoms. The summed E-state index contributed by atoms with van der Waals surface area (Å²) in [6.45, 7) is 1.65. The molecular weight excluding hydrogens is 248 g/mol. The van der Waals surface area contributed by atoms with E-state index in [1.807, 2.05) is 0 Å². The largest absolute Gasteiger partial charge is 0.491 e. The number of carbonyl (C=O) groups is 1. The first kappa shape index (κ1) is 13.8. The Labute approximate surface area is 112 Å². The Morgan fingerprint density at radius 3 is 2.68 bits per heavy atom. The van der Waals surface area contributed by atoms with E-state index >= 15 is 0 Å². The number of aromatic carboxylic acids is 1. The van der Waals surface area contributed by atoms with Gasteiger partial charge in [-0.3, -0.25) is 0 Å². The summed E-state index contributed by atoms with van der Waals surface area (Å²) >= 11 is 0. The molecule has 1 saturated heterocycles. The summed E-state index contributed by atoms with van der Waals surface area (Å²) in [6, 6.07) is 6.31. The lowest BCUT2D eigenvalue weighted by Gasteiger charge is -2.22. The van der Waals surface area contributed by atoms with Gasteiger partial charge in [0.05, 0.1) is 12.2 Å². The van der Waals surface area contributed by atoms with E-state index in [2.05, 4.69) is 0 Å². The van der Waals surface area contributed by atoms with Gasteiger partial charge in [-0.15, -0.1) is 0 Å². The second-order valence-electron chi connectivity index (χ2n) is 4.34. The maximum atomic E-state index is 10.7. The van der Waals surface area contributed by atoms with E-state index in [1.54, 1.807) is 12.1 Å². The molecule has 0 amide bonds. The molecule has 0 aliphatic carbocycles. The highest BCUT2D eigenvalue weighted by Gasteiger charge is 2.13. The third-order valence-corrected chi connectivity index (χ3v) is 2.89. The number of carboxylic acid groups (broad SMARTS) is 1. The Hall–Kier alpha value is -1.59. The van der Waals surface area contributed by atoms with Crippen LogP contribution in [0.1, 0.15) is 29.6 Å². The van der Waals surface area contributed by atoms with E-state index in [0.29, 0.717) is 19.0 Å². The van der Waals surface area contributed by atoms with E-state index in [4.69, 9.17) is 19.3 Å². The quantitative estimate of drug-likeness (QED) is 0.800. The molecule has 0 saturated carbocycles. The lowest BCUT2D eigenvalue weighted by atomic mass is 10.2. The second kappa shape index (κ2) is 7.11. The van der Waals surface area contributed by atoms with Crippen molar-refractivity contribution >= 4 is 5.97 Å². The summed E-state index contributed by atoms with van der Waals surface area (Å²) in [5.74, 6) is -0.303. The predicted molar refractivity (Wildman–Crippen MR) is 68.4 cm³/mol. The molecule has 19 heavy (non-hydrogen) atoms. The first-order chi connectivity index (χ1) is 9.25. The van der Waals surface area contributed by atoms with Crippen LogP contribution in [0.25, 0.3) is 0 Å². The second-order valence-corrected chi connectivity index (χ2v) is 4.34. The summed E-state index contributed by atoms with van der Waals surface area (Å²) < 4.78 is 16.4. The minimum Gasteiger partial charge on any atom is -0.491 e. The number of ether oxygens (including phenoxy) is 3. The van der Waals surface area contributed by atoms with Crippen molar-refractivity contribution in [1.82, 2.24) is 0 Å². The van der Waals surface area contributed by atoms with Gasteiger partial charge in [0.15, 0.2) is 6.29 Å². The number of carboxylic acids is 1. The number of benzene rings is 1. The lowest BCUT2D eigenvalue weighted by Crippen LogP contribution is -2.24. The van der Waals surface area contributed by atoms with Crippen molar-refractivity contribution in [3.8, 4) is 5.75 Å². The van der Waals surface area contributed by atoms with E-state index in [-0.39, 0.29) is 11.9 Å². The van der Waals surface area contributed by atoms with Crippen LogP contribution in [0.15, 0.2) is 24.3 Å². The standard InChI is InChI=1S/C14H18O5/c15-14(16)11-4-6-12(7-5-11)17-9-10-19-13-3-1-2-8-18-13/h4-7,13H,1-3,8-10H2,(H,15,16). The van der Waals surface area contributed by atoms with Gasteiger partial charge in [0.2, 0.25) is 0 Å². The zero-order valence-electron chi connectivity index (χ0n) is 10.7. The first-order valence-corrected chi connectivity index (χ1v) is 6.45.